The monoisotopic (exact) mass is 434 g/mol. The van der Waals surface area contributed by atoms with E-state index < -0.39 is 6.04 Å². The van der Waals surface area contributed by atoms with E-state index in [0.29, 0.717) is 19.4 Å². The molecular formula is C28H38N2O2. The van der Waals surface area contributed by atoms with Gasteiger partial charge in [-0.1, -0.05) is 85.8 Å². The molecule has 0 aromatic heterocycles. The standard InChI is InChI=1S/C28H38N2O2/c1-4-26(28(32)29-25-13-9-6-10-14-25)30(16-15-23-11-7-5-8-12-23)27(31)20-24-18-21(2)17-22(3)19-24/h5,7-8,11-12,17-19,25-26H,4,6,9-10,13-16,20H2,1-3H3,(H,29,32)/t26-/m0/s1. The molecule has 2 amide bonds. The molecule has 172 valence electrons. The van der Waals surface area contributed by atoms with Crippen molar-refractivity contribution >= 4 is 11.8 Å². The number of hydrogen-bond donors (Lipinski definition) is 1. The lowest BCUT2D eigenvalue weighted by Crippen LogP contribution is -2.52. The molecule has 0 aliphatic heterocycles. The summed E-state index contributed by atoms with van der Waals surface area (Å²) in [6.07, 6.45) is 7.37. The van der Waals surface area contributed by atoms with Crippen molar-refractivity contribution in [1.82, 2.24) is 10.2 Å². The Balaban J connectivity index is 1.76. The topological polar surface area (TPSA) is 49.4 Å². The molecule has 0 unspecified atom stereocenters. The molecule has 0 saturated heterocycles. The van der Waals surface area contributed by atoms with Crippen LogP contribution in [0.1, 0.15) is 67.7 Å². The SMILES string of the molecule is CC[C@@H](C(=O)NC1CCCCC1)N(CCc1ccccc1)C(=O)Cc1cc(C)cc(C)c1. The molecule has 2 aromatic rings. The first kappa shape index (κ1) is 24.0. The van der Waals surface area contributed by atoms with Crippen LogP contribution in [0.15, 0.2) is 48.5 Å². The molecule has 0 radical (unpaired) electrons. The van der Waals surface area contributed by atoms with Gasteiger partial charge in [0.2, 0.25) is 11.8 Å². The van der Waals surface area contributed by atoms with Gasteiger partial charge in [-0.2, -0.15) is 0 Å². The number of hydrogen-bond acceptors (Lipinski definition) is 2. The van der Waals surface area contributed by atoms with Crippen LogP contribution in [0.4, 0.5) is 0 Å². The fourth-order valence-corrected chi connectivity index (χ4v) is 4.89. The molecule has 1 aliphatic carbocycles. The zero-order chi connectivity index (χ0) is 22.9. The van der Waals surface area contributed by atoms with E-state index in [1.807, 2.05) is 30.0 Å². The zero-order valence-electron chi connectivity index (χ0n) is 19.9. The van der Waals surface area contributed by atoms with Crippen LogP contribution in [0.3, 0.4) is 0 Å². The van der Waals surface area contributed by atoms with E-state index in [1.165, 1.54) is 24.8 Å². The van der Waals surface area contributed by atoms with Gasteiger partial charge in [0, 0.05) is 12.6 Å². The molecule has 1 N–H and O–H groups in total. The van der Waals surface area contributed by atoms with Gasteiger partial charge in [-0.3, -0.25) is 9.59 Å². The summed E-state index contributed by atoms with van der Waals surface area (Å²) in [5.41, 5.74) is 4.51. The maximum atomic E-state index is 13.5. The quantitative estimate of drug-likeness (QED) is 0.594. The number of nitrogens with zero attached hydrogens (tertiary/aromatic N) is 1. The van der Waals surface area contributed by atoms with Crippen LogP contribution < -0.4 is 5.32 Å². The predicted octanol–water partition coefficient (Wildman–Crippen LogP) is 5.14. The molecule has 32 heavy (non-hydrogen) atoms. The number of benzene rings is 2. The highest BCUT2D eigenvalue weighted by atomic mass is 16.2. The van der Waals surface area contributed by atoms with Crippen LogP contribution in [0.2, 0.25) is 0 Å². The van der Waals surface area contributed by atoms with Crippen LogP contribution >= 0.6 is 0 Å². The Labute approximate surface area is 193 Å². The Kier molecular flexibility index (Phi) is 8.90. The van der Waals surface area contributed by atoms with E-state index in [9.17, 15) is 9.59 Å². The fourth-order valence-electron chi connectivity index (χ4n) is 4.89. The lowest BCUT2D eigenvalue weighted by atomic mass is 9.95. The molecule has 1 atom stereocenters. The van der Waals surface area contributed by atoms with Crippen molar-refractivity contribution in [1.29, 1.82) is 0 Å². The van der Waals surface area contributed by atoms with E-state index in [0.717, 1.165) is 36.0 Å². The van der Waals surface area contributed by atoms with Gasteiger partial charge in [0.05, 0.1) is 6.42 Å². The Morgan fingerprint density at radius 3 is 2.25 bits per heavy atom. The van der Waals surface area contributed by atoms with Gasteiger partial charge in [-0.25, -0.2) is 0 Å². The Morgan fingerprint density at radius 1 is 0.969 bits per heavy atom. The van der Waals surface area contributed by atoms with Gasteiger partial charge in [0.25, 0.3) is 0 Å². The van der Waals surface area contributed by atoms with E-state index in [-0.39, 0.29) is 17.9 Å². The third-order valence-electron chi connectivity index (χ3n) is 6.46. The maximum Gasteiger partial charge on any atom is 0.243 e. The first-order valence-electron chi connectivity index (χ1n) is 12.2. The number of nitrogens with one attached hydrogen (secondary N) is 1. The summed E-state index contributed by atoms with van der Waals surface area (Å²) in [7, 11) is 0. The first-order valence-corrected chi connectivity index (χ1v) is 12.2. The summed E-state index contributed by atoms with van der Waals surface area (Å²) in [4.78, 5) is 28.6. The van der Waals surface area contributed by atoms with Gasteiger partial charge in [0.1, 0.15) is 6.04 Å². The van der Waals surface area contributed by atoms with Gasteiger partial charge in [-0.05, 0) is 50.7 Å². The molecule has 1 saturated carbocycles. The van der Waals surface area contributed by atoms with Gasteiger partial charge in [0.15, 0.2) is 0 Å². The lowest BCUT2D eigenvalue weighted by Gasteiger charge is -2.33. The van der Waals surface area contributed by atoms with Gasteiger partial charge >= 0.3 is 0 Å². The first-order chi connectivity index (χ1) is 15.5. The predicted molar refractivity (Wildman–Crippen MR) is 131 cm³/mol. The second-order valence-electron chi connectivity index (χ2n) is 9.26. The minimum absolute atomic E-state index is 0.00114. The highest BCUT2D eigenvalue weighted by Gasteiger charge is 2.30. The summed E-state index contributed by atoms with van der Waals surface area (Å²) >= 11 is 0. The van der Waals surface area contributed by atoms with Crippen molar-refractivity contribution in [3.8, 4) is 0 Å². The van der Waals surface area contributed by atoms with Crippen molar-refractivity contribution in [3.63, 3.8) is 0 Å². The molecule has 1 fully saturated rings. The lowest BCUT2D eigenvalue weighted by molar-refractivity contribution is -0.140. The van der Waals surface area contributed by atoms with Crippen molar-refractivity contribution in [2.75, 3.05) is 6.54 Å². The van der Waals surface area contributed by atoms with Crippen LogP contribution in [0.5, 0.6) is 0 Å². The molecule has 4 nitrogen and oxygen atoms in total. The normalized spacial score (nSPS) is 15.2. The molecule has 3 rings (SSSR count). The summed E-state index contributed by atoms with van der Waals surface area (Å²) in [5.74, 6) is 0.0257. The number of carbonyl (C=O) groups excluding carboxylic acids is 2. The molecule has 1 aliphatic rings. The molecule has 0 spiro atoms. The molecule has 4 heteroatoms. The summed E-state index contributed by atoms with van der Waals surface area (Å²) in [6, 6.07) is 16.3. The number of carbonyl (C=O) groups is 2. The minimum Gasteiger partial charge on any atom is -0.352 e. The molecule has 0 bridgehead atoms. The summed E-state index contributed by atoms with van der Waals surface area (Å²) in [6.45, 7) is 6.66. The highest BCUT2D eigenvalue weighted by molar-refractivity contribution is 5.88. The zero-order valence-corrected chi connectivity index (χ0v) is 19.9. The molecule has 0 heterocycles. The maximum absolute atomic E-state index is 13.5. The Morgan fingerprint density at radius 2 is 1.62 bits per heavy atom. The van der Waals surface area contributed by atoms with E-state index in [1.54, 1.807) is 0 Å². The number of rotatable bonds is 9. The van der Waals surface area contributed by atoms with Crippen molar-refractivity contribution < 1.29 is 9.59 Å². The molecular weight excluding hydrogens is 396 g/mol. The van der Waals surface area contributed by atoms with E-state index in [2.05, 4.69) is 49.5 Å². The number of amides is 2. The number of aryl methyl sites for hydroxylation is 2. The summed E-state index contributed by atoms with van der Waals surface area (Å²) < 4.78 is 0. The Hall–Kier alpha value is -2.62. The second kappa shape index (κ2) is 11.8. The van der Waals surface area contributed by atoms with Crippen LogP contribution in [-0.4, -0.2) is 35.3 Å². The van der Waals surface area contributed by atoms with Crippen molar-refractivity contribution in [3.05, 3.63) is 70.8 Å². The third-order valence-corrected chi connectivity index (χ3v) is 6.46. The average molecular weight is 435 g/mol. The van der Waals surface area contributed by atoms with Crippen molar-refractivity contribution in [2.45, 2.75) is 84.2 Å². The van der Waals surface area contributed by atoms with Gasteiger partial charge in [-0.15, -0.1) is 0 Å². The average Bonchev–Trinajstić information content (AvgIpc) is 2.77. The second-order valence-corrected chi connectivity index (χ2v) is 9.26. The third kappa shape index (κ3) is 6.94. The largest absolute Gasteiger partial charge is 0.352 e. The molecule has 2 aromatic carbocycles. The minimum atomic E-state index is -0.431. The van der Waals surface area contributed by atoms with E-state index in [4.69, 9.17) is 0 Å². The van der Waals surface area contributed by atoms with Crippen molar-refractivity contribution in [2.24, 2.45) is 0 Å². The van der Waals surface area contributed by atoms with Crippen LogP contribution in [-0.2, 0) is 22.4 Å². The smallest absolute Gasteiger partial charge is 0.243 e. The fraction of sp³-hybridized carbons (Fsp3) is 0.500. The van der Waals surface area contributed by atoms with Crippen LogP contribution in [0, 0.1) is 13.8 Å². The summed E-state index contributed by atoms with van der Waals surface area (Å²) in [5, 5.41) is 3.25. The van der Waals surface area contributed by atoms with E-state index >= 15 is 0 Å². The highest BCUT2D eigenvalue weighted by Crippen LogP contribution is 2.19. The van der Waals surface area contributed by atoms with Crippen LogP contribution in [0.25, 0.3) is 0 Å². The Bertz CT molecular complexity index is 867. The van der Waals surface area contributed by atoms with Gasteiger partial charge < -0.3 is 10.2 Å².